The van der Waals surface area contributed by atoms with E-state index in [0.717, 1.165) is 4.47 Å². The quantitative estimate of drug-likeness (QED) is 0.264. The molecular weight excluding hydrogens is 428 g/mol. The third-order valence-electron chi connectivity index (χ3n) is 3.84. The molecule has 3 rings (SSSR count). The molecule has 0 saturated heterocycles. The number of pyridine rings is 1. The van der Waals surface area contributed by atoms with Gasteiger partial charge in [-0.15, -0.1) is 0 Å². The van der Waals surface area contributed by atoms with Crippen LogP contribution >= 0.6 is 28.1 Å². The Morgan fingerprint density at radius 3 is 2.63 bits per heavy atom. The molecule has 0 bridgehead atoms. The topological polar surface area (TPSA) is 72.3 Å². The summed E-state index contributed by atoms with van der Waals surface area (Å²) in [5.74, 6) is 0.487. The molecule has 0 amide bonds. The Balaban J connectivity index is 2.00. The molecule has 1 aromatic carbocycles. The van der Waals surface area contributed by atoms with Gasteiger partial charge in [0.25, 0.3) is 0 Å². The summed E-state index contributed by atoms with van der Waals surface area (Å²) >= 11 is 8.88. The van der Waals surface area contributed by atoms with Gasteiger partial charge in [0.1, 0.15) is 5.76 Å². The number of hydrogen-bond donors (Lipinski definition) is 2. The molecule has 0 unspecified atom stereocenters. The van der Waals surface area contributed by atoms with Gasteiger partial charge in [-0.25, -0.2) is 0 Å². The number of thiocarbonyl (C=S) groups is 1. The van der Waals surface area contributed by atoms with Crippen LogP contribution < -0.4 is 15.0 Å². The second-order valence-electron chi connectivity index (χ2n) is 5.72. The number of furan rings is 1. The molecule has 7 heteroatoms. The molecule has 0 aliphatic carbocycles. The van der Waals surface area contributed by atoms with E-state index in [2.05, 4.69) is 21.2 Å². The first-order chi connectivity index (χ1) is 13.1. The fraction of sp³-hybridized carbons (Fsp3) is 0.100. The van der Waals surface area contributed by atoms with Gasteiger partial charge >= 0.3 is 0 Å². The summed E-state index contributed by atoms with van der Waals surface area (Å²) in [6.07, 6.45) is 5.00. The van der Waals surface area contributed by atoms with Crippen LogP contribution in [-0.4, -0.2) is 10.1 Å². The normalized spacial score (nSPS) is 11.8. The lowest BCUT2D eigenvalue weighted by atomic mass is 10.1. The predicted molar refractivity (Wildman–Crippen MR) is 108 cm³/mol. The molecule has 0 aliphatic heterocycles. The number of aromatic nitrogens is 1. The van der Waals surface area contributed by atoms with Crippen LogP contribution in [-0.2, 0) is 13.2 Å². The average molecular weight is 445 g/mol. The highest BCUT2D eigenvalue weighted by Crippen LogP contribution is 2.18. The van der Waals surface area contributed by atoms with Gasteiger partial charge in [-0.05, 0) is 41.7 Å². The van der Waals surface area contributed by atoms with E-state index in [1.165, 1.54) is 0 Å². The number of rotatable bonds is 6. The average Bonchev–Trinajstić information content (AvgIpc) is 3.21. The molecular formula is C20H17BrN2O3S. The highest BCUT2D eigenvalue weighted by molar-refractivity contribution is 9.10. The van der Waals surface area contributed by atoms with E-state index in [4.69, 9.17) is 16.6 Å². The highest BCUT2D eigenvalue weighted by atomic mass is 79.9. The van der Waals surface area contributed by atoms with Crippen LogP contribution in [0.3, 0.4) is 0 Å². The Hall–Kier alpha value is -2.48. The highest BCUT2D eigenvalue weighted by Gasteiger charge is 2.19. The second kappa shape index (κ2) is 8.94. The van der Waals surface area contributed by atoms with Gasteiger partial charge in [0.2, 0.25) is 5.70 Å². The molecule has 5 nitrogen and oxygen atoms in total. The third kappa shape index (κ3) is 4.82. The van der Waals surface area contributed by atoms with Crippen LogP contribution in [0, 0.1) is 0 Å². The zero-order chi connectivity index (χ0) is 19.2. The largest absolute Gasteiger partial charge is 0.867 e. The first kappa shape index (κ1) is 19.3. The lowest BCUT2D eigenvalue weighted by Crippen LogP contribution is -2.42. The van der Waals surface area contributed by atoms with Gasteiger partial charge in [0, 0.05) is 16.1 Å². The molecule has 0 aliphatic rings. The van der Waals surface area contributed by atoms with Crippen LogP contribution in [0.2, 0.25) is 0 Å². The number of benzene rings is 1. The van der Waals surface area contributed by atoms with Gasteiger partial charge in [0.05, 0.1) is 19.4 Å². The minimum Gasteiger partial charge on any atom is -0.867 e. The van der Waals surface area contributed by atoms with Crippen molar-refractivity contribution in [2.24, 2.45) is 0 Å². The molecule has 0 spiro atoms. The summed E-state index contributed by atoms with van der Waals surface area (Å²) in [5, 5.41) is 25.7. The minimum atomic E-state index is -0.223. The maximum Gasteiger partial charge on any atom is 0.237 e. The fourth-order valence-corrected chi connectivity index (χ4v) is 3.03. The molecule has 2 aromatic heterocycles. The van der Waals surface area contributed by atoms with Gasteiger partial charge < -0.3 is 19.9 Å². The van der Waals surface area contributed by atoms with Crippen molar-refractivity contribution in [1.82, 2.24) is 5.32 Å². The Kier molecular flexibility index (Phi) is 6.39. The Bertz CT molecular complexity index is 954. The van der Waals surface area contributed by atoms with Gasteiger partial charge in [-0.2, -0.15) is 4.57 Å². The Labute approximate surface area is 170 Å². The van der Waals surface area contributed by atoms with Crippen LogP contribution in [0.4, 0.5) is 0 Å². The SMILES string of the molecule is [O-]C(=C(C(=S)NCc1ccco1)[n+]1cccc(CO)c1)c1ccc(Br)cc1. The van der Waals surface area contributed by atoms with Crippen molar-refractivity contribution in [2.45, 2.75) is 13.2 Å². The zero-order valence-electron chi connectivity index (χ0n) is 14.3. The number of nitrogens with one attached hydrogen (secondary N) is 1. The van der Waals surface area contributed by atoms with Crippen molar-refractivity contribution >= 4 is 44.6 Å². The van der Waals surface area contributed by atoms with Crippen LogP contribution in [0.25, 0.3) is 11.5 Å². The number of halogens is 1. The van der Waals surface area contributed by atoms with E-state index in [0.29, 0.717) is 34.1 Å². The van der Waals surface area contributed by atoms with Gasteiger partial charge in [-0.1, -0.05) is 40.3 Å². The lowest BCUT2D eigenvalue weighted by molar-refractivity contribution is -0.578. The molecule has 3 aromatic rings. The summed E-state index contributed by atoms with van der Waals surface area (Å²) in [6.45, 7) is 0.233. The molecule has 0 atom stereocenters. The fourth-order valence-electron chi connectivity index (χ4n) is 2.50. The van der Waals surface area contributed by atoms with Crippen LogP contribution in [0.5, 0.6) is 0 Å². The number of nitrogens with zero attached hydrogens (tertiary/aromatic N) is 1. The van der Waals surface area contributed by atoms with E-state index in [9.17, 15) is 10.2 Å². The number of hydrogen-bond acceptors (Lipinski definition) is 4. The maximum absolute atomic E-state index is 13.2. The molecule has 2 N–H and O–H groups in total. The third-order valence-corrected chi connectivity index (χ3v) is 4.71. The lowest BCUT2D eigenvalue weighted by Gasteiger charge is -2.17. The van der Waals surface area contributed by atoms with Crippen molar-refractivity contribution in [1.29, 1.82) is 0 Å². The summed E-state index contributed by atoms with van der Waals surface area (Å²) in [5.41, 5.74) is 1.49. The number of aliphatic hydroxyl groups excluding tert-OH is 1. The van der Waals surface area contributed by atoms with E-state index < -0.39 is 0 Å². The van der Waals surface area contributed by atoms with Crippen molar-refractivity contribution in [3.8, 4) is 0 Å². The van der Waals surface area contributed by atoms with Gasteiger partial charge in [-0.3, -0.25) is 0 Å². The Morgan fingerprint density at radius 1 is 1.19 bits per heavy atom. The monoisotopic (exact) mass is 444 g/mol. The first-order valence-electron chi connectivity index (χ1n) is 8.17. The molecule has 138 valence electrons. The molecule has 27 heavy (non-hydrogen) atoms. The first-order valence-corrected chi connectivity index (χ1v) is 9.38. The summed E-state index contributed by atoms with van der Waals surface area (Å²) in [6, 6.07) is 14.2. The van der Waals surface area contributed by atoms with E-state index in [1.807, 2.05) is 6.07 Å². The Morgan fingerprint density at radius 2 is 1.96 bits per heavy atom. The zero-order valence-corrected chi connectivity index (χ0v) is 16.7. The van der Waals surface area contributed by atoms with Crippen LogP contribution in [0.1, 0.15) is 16.9 Å². The summed E-state index contributed by atoms with van der Waals surface area (Å²) < 4.78 is 7.82. The second-order valence-corrected chi connectivity index (χ2v) is 7.05. The van der Waals surface area contributed by atoms with E-state index >= 15 is 0 Å². The van der Waals surface area contributed by atoms with E-state index in [1.54, 1.807) is 65.7 Å². The van der Waals surface area contributed by atoms with E-state index in [-0.39, 0.29) is 12.4 Å². The molecule has 0 fully saturated rings. The van der Waals surface area contributed by atoms with Crippen molar-refractivity contribution < 1.29 is 19.2 Å². The smallest absolute Gasteiger partial charge is 0.237 e. The maximum atomic E-state index is 13.2. The predicted octanol–water partition coefficient (Wildman–Crippen LogP) is 2.63. The number of aliphatic hydroxyl groups is 1. The van der Waals surface area contributed by atoms with Gasteiger partial charge in [0.15, 0.2) is 17.4 Å². The minimum absolute atomic E-state index is 0.132. The summed E-state index contributed by atoms with van der Waals surface area (Å²) in [4.78, 5) is 0.291. The van der Waals surface area contributed by atoms with Crippen molar-refractivity contribution in [3.05, 3.63) is 88.5 Å². The summed E-state index contributed by atoms with van der Waals surface area (Å²) in [7, 11) is 0. The molecule has 0 radical (unpaired) electrons. The van der Waals surface area contributed by atoms with Crippen molar-refractivity contribution in [2.75, 3.05) is 0 Å². The standard InChI is InChI=1S/C20H17BrN2O3S/c21-16-7-5-15(6-8-16)19(25)18(23-9-1-3-14(12-23)13-24)20(27)22-11-17-4-2-10-26-17/h1-10,12,24H,11,13H2,(H-,22,25,27). The molecule has 2 heterocycles. The van der Waals surface area contributed by atoms with Crippen LogP contribution in [0.15, 0.2) is 76.1 Å². The molecule has 0 saturated carbocycles. The van der Waals surface area contributed by atoms with Crippen molar-refractivity contribution in [3.63, 3.8) is 0 Å².